The summed E-state index contributed by atoms with van der Waals surface area (Å²) in [5.74, 6) is 0.996. The van der Waals surface area contributed by atoms with E-state index in [1.54, 1.807) is 18.5 Å². The van der Waals surface area contributed by atoms with E-state index in [-0.39, 0.29) is 17.9 Å². The normalized spacial score (nSPS) is 20.5. The van der Waals surface area contributed by atoms with Crippen LogP contribution in [0, 0.1) is 5.92 Å². The van der Waals surface area contributed by atoms with Crippen LogP contribution in [0.15, 0.2) is 42.7 Å². The topological polar surface area (TPSA) is 64.5 Å². The zero-order valence-corrected chi connectivity index (χ0v) is 14.0. The minimum Gasteiger partial charge on any atom is -0.492 e. The van der Waals surface area contributed by atoms with Crippen molar-refractivity contribution in [3.63, 3.8) is 0 Å². The number of fused-ring (bicyclic) bond motifs is 1. The molecule has 1 aromatic carbocycles. The molecule has 0 aliphatic carbocycles. The van der Waals surface area contributed by atoms with Gasteiger partial charge in [-0.1, -0.05) is 18.2 Å². The van der Waals surface area contributed by atoms with Gasteiger partial charge in [0.05, 0.1) is 5.92 Å². The van der Waals surface area contributed by atoms with Gasteiger partial charge in [0, 0.05) is 38.3 Å². The predicted molar refractivity (Wildman–Crippen MR) is 91.4 cm³/mol. The maximum Gasteiger partial charge on any atom is 0.316 e. The summed E-state index contributed by atoms with van der Waals surface area (Å²) < 4.78 is 11.5. The molecule has 0 radical (unpaired) electrons. The van der Waals surface area contributed by atoms with Crippen LogP contribution in [-0.4, -0.2) is 46.6 Å². The molecule has 0 spiro atoms. The van der Waals surface area contributed by atoms with E-state index in [2.05, 4.69) is 9.97 Å². The van der Waals surface area contributed by atoms with Gasteiger partial charge in [-0.15, -0.1) is 0 Å². The Morgan fingerprint density at radius 3 is 2.68 bits per heavy atom. The van der Waals surface area contributed by atoms with Crippen LogP contribution < -0.4 is 9.47 Å². The van der Waals surface area contributed by atoms with E-state index in [4.69, 9.17) is 9.47 Å². The third kappa shape index (κ3) is 3.57. The van der Waals surface area contributed by atoms with E-state index in [0.29, 0.717) is 25.7 Å². The van der Waals surface area contributed by atoms with Gasteiger partial charge in [0.2, 0.25) is 5.91 Å². The predicted octanol–water partition coefficient (Wildman–Crippen LogP) is 2.10. The van der Waals surface area contributed by atoms with Gasteiger partial charge >= 0.3 is 6.01 Å². The van der Waals surface area contributed by atoms with Gasteiger partial charge in [-0.25, -0.2) is 9.97 Å². The SMILES string of the molecule is O=C([C@@H]1COc2ccccc2C1)N1CCC(Oc2ncccn2)CC1. The first kappa shape index (κ1) is 15.9. The highest BCUT2D eigenvalue weighted by Gasteiger charge is 2.32. The summed E-state index contributed by atoms with van der Waals surface area (Å²) in [4.78, 5) is 22.9. The van der Waals surface area contributed by atoms with E-state index < -0.39 is 0 Å². The second-order valence-electron chi connectivity index (χ2n) is 6.49. The summed E-state index contributed by atoms with van der Waals surface area (Å²) >= 11 is 0. The van der Waals surface area contributed by atoms with Gasteiger partial charge in [0.1, 0.15) is 18.5 Å². The van der Waals surface area contributed by atoms with Gasteiger partial charge in [-0.05, 0) is 24.1 Å². The van der Waals surface area contributed by atoms with Crippen molar-refractivity contribution in [2.75, 3.05) is 19.7 Å². The van der Waals surface area contributed by atoms with Gasteiger partial charge in [-0.3, -0.25) is 4.79 Å². The lowest BCUT2D eigenvalue weighted by atomic mass is 9.94. The molecule has 0 N–H and O–H groups in total. The molecule has 6 heteroatoms. The maximum absolute atomic E-state index is 12.8. The molecule has 130 valence electrons. The Labute approximate surface area is 146 Å². The molecule has 1 saturated heterocycles. The van der Waals surface area contributed by atoms with Crippen LogP contribution in [0.2, 0.25) is 0 Å². The number of aromatic nitrogens is 2. The molecular weight excluding hydrogens is 318 g/mol. The molecule has 1 aromatic heterocycles. The fourth-order valence-electron chi connectivity index (χ4n) is 3.43. The van der Waals surface area contributed by atoms with E-state index >= 15 is 0 Å². The van der Waals surface area contributed by atoms with Crippen LogP contribution >= 0.6 is 0 Å². The monoisotopic (exact) mass is 339 g/mol. The summed E-state index contributed by atoms with van der Waals surface area (Å²) in [5.41, 5.74) is 1.12. The molecule has 2 aliphatic heterocycles. The fraction of sp³-hybridized carbons (Fsp3) is 0.421. The quantitative estimate of drug-likeness (QED) is 0.857. The summed E-state index contributed by atoms with van der Waals surface area (Å²) in [6, 6.07) is 10.1. The van der Waals surface area contributed by atoms with Crippen LogP contribution in [0.3, 0.4) is 0 Å². The first-order valence-corrected chi connectivity index (χ1v) is 8.73. The molecule has 0 unspecified atom stereocenters. The Hall–Kier alpha value is -2.63. The molecule has 2 aliphatic rings. The molecule has 0 saturated carbocycles. The number of carbonyl (C=O) groups excluding carboxylic acids is 1. The van der Waals surface area contributed by atoms with Crippen molar-refractivity contribution in [1.82, 2.24) is 14.9 Å². The van der Waals surface area contributed by atoms with Crippen molar-refractivity contribution in [2.24, 2.45) is 5.92 Å². The molecular formula is C19H21N3O3. The van der Waals surface area contributed by atoms with Gasteiger partial charge in [0.15, 0.2) is 0 Å². The van der Waals surface area contributed by atoms with E-state index in [1.165, 1.54) is 0 Å². The number of likely N-dealkylation sites (tertiary alicyclic amines) is 1. The summed E-state index contributed by atoms with van der Waals surface area (Å²) in [5, 5.41) is 0. The molecule has 3 heterocycles. The van der Waals surface area contributed by atoms with Crippen molar-refractivity contribution in [3.05, 3.63) is 48.3 Å². The van der Waals surface area contributed by atoms with Crippen molar-refractivity contribution in [1.29, 1.82) is 0 Å². The number of amides is 1. The number of benzene rings is 1. The third-order valence-electron chi connectivity index (χ3n) is 4.80. The average molecular weight is 339 g/mol. The number of ether oxygens (including phenoxy) is 2. The van der Waals surface area contributed by atoms with Crippen LogP contribution in [0.25, 0.3) is 0 Å². The molecule has 1 atom stereocenters. The number of hydrogen-bond donors (Lipinski definition) is 0. The summed E-state index contributed by atoms with van der Waals surface area (Å²) in [6.45, 7) is 1.87. The van der Waals surface area contributed by atoms with Crippen molar-refractivity contribution in [2.45, 2.75) is 25.4 Å². The number of para-hydroxylation sites is 1. The highest BCUT2D eigenvalue weighted by molar-refractivity contribution is 5.80. The first-order valence-electron chi connectivity index (χ1n) is 8.73. The Kier molecular flexibility index (Phi) is 4.50. The van der Waals surface area contributed by atoms with E-state index in [9.17, 15) is 4.79 Å². The third-order valence-corrected chi connectivity index (χ3v) is 4.80. The fourth-order valence-corrected chi connectivity index (χ4v) is 3.43. The maximum atomic E-state index is 12.8. The Balaban J connectivity index is 1.31. The zero-order valence-electron chi connectivity index (χ0n) is 14.0. The number of rotatable bonds is 3. The number of hydrogen-bond acceptors (Lipinski definition) is 5. The number of nitrogens with zero attached hydrogens (tertiary/aromatic N) is 3. The van der Waals surface area contributed by atoms with Crippen LogP contribution in [0.5, 0.6) is 11.8 Å². The highest BCUT2D eigenvalue weighted by atomic mass is 16.5. The molecule has 0 bridgehead atoms. The van der Waals surface area contributed by atoms with Gasteiger partial charge in [-0.2, -0.15) is 0 Å². The molecule has 25 heavy (non-hydrogen) atoms. The van der Waals surface area contributed by atoms with Gasteiger partial charge < -0.3 is 14.4 Å². The smallest absolute Gasteiger partial charge is 0.316 e. The molecule has 4 rings (SSSR count). The lowest BCUT2D eigenvalue weighted by Crippen LogP contribution is -2.46. The highest BCUT2D eigenvalue weighted by Crippen LogP contribution is 2.28. The zero-order chi connectivity index (χ0) is 17.1. The van der Waals surface area contributed by atoms with Crippen LogP contribution in [0.1, 0.15) is 18.4 Å². The molecule has 1 amide bonds. The minimum atomic E-state index is -0.0928. The first-order chi connectivity index (χ1) is 12.3. The molecule has 6 nitrogen and oxygen atoms in total. The number of carbonyl (C=O) groups is 1. The number of piperidine rings is 1. The lowest BCUT2D eigenvalue weighted by molar-refractivity contribution is -0.138. The Morgan fingerprint density at radius 2 is 1.88 bits per heavy atom. The largest absolute Gasteiger partial charge is 0.492 e. The second kappa shape index (κ2) is 7.09. The van der Waals surface area contributed by atoms with Crippen molar-refractivity contribution < 1.29 is 14.3 Å². The van der Waals surface area contributed by atoms with Crippen LogP contribution in [-0.2, 0) is 11.2 Å². The lowest BCUT2D eigenvalue weighted by Gasteiger charge is -2.35. The summed E-state index contributed by atoms with van der Waals surface area (Å²) in [7, 11) is 0. The van der Waals surface area contributed by atoms with E-state index in [1.807, 2.05) is 29.2 Å². The van der Waals surface area contributed by atoms with Crippen LogP contribution in [0.4, 0.5) is 0 Å². The Bertz CT molecular complexity index is 730. The molecule has 1 fully saturated rings. The van der Waals surface area contributed by atoms with Crippen molar-refractivity contribution >= 4 is 5.91 Å². The van der Waals surface area contributed by atoms with Crippen molar-refractivity contribution in [3.8, 4) is 11.8 Å². The van der Waals surface area contributed by atoms with E-state index in [0.717, 1.165) is 30.6 Å². The van der Waals surface area contributed by atoms with Gasteiger partial charge in [0.25, 0.3) is 0 Å². The average Bonchev–Trinajstić information content (AvgIpc) is 2.68. The molecule has 2 aromatic rings. The second-order valence-corrected chi connectivity index (χ2v) is 6.49. The minimum absolute atomic E-state index is 0.0646. The summed E-state index contributed by atoms with van der Waals surface area (Å²) in [6.07, 6.45) is 5.75. The standard InChI is InChI=1S/C19H21N3O3/c23-18(15-12-14-4-1-2-5-17(14)24-13-15)22-10-6-16(7-11-22)25-19-20-8-3-9-21-19/h1-5,8-9,15-16H,6-7,10-13H2/t15-/m0/s1. The Morgan fingerprint density at radius 1 is 1.12 bits per heavy atom.